The van der Waals surface area contributed by atoms with E-state index in [4.69, 9.17) is 33.1 Å². The van der Waals surface area contributed by atoms with Crippen molar-refractivity contribution in [3.05, 3.63) is 68.3 Å². The molecule has 1 aliphatic rings. The van der Waals surface area contributed by atoms with E-state index in [9.17, 15) is 14.9 Å². The number of carbonyl (C=O) groups is 3. The molecule has 1 aliphatic heterocycles. The molecule has 1 amide bonds. The van der Waals surface area contributed by atoms with Crippen LogP contribution >= 0.6 is 23.2 Å². The van der Waals surface area contributed by atoms with Crippen LogP contribution in [0.25, 0.3) is 10.9 Å². The number of amides is 1. The maximum absolute atomic E-state index is 13.6. The lowest BCUT2D eigenvalue weighted by atomic mass is 9.94. The maximum atomic E-state index is 13.6. The first-order chi connectivity index (χ1) is 17.2. The Balaban J connectivity index is 0.00000115. The second-order valence-electron chi connectivity index (χ2n) is 8.79. The molecule has 9 heteroatoms. The van der Waals surface area contributed by atoms with Gasteiger partial charge in [-0.05, 0) is 61.6 Å². The Bertz CT molecular complexity index is 1370. The third kappa shape index (κ3) is 5.25. The van der Waals surface area contributed by atoms with E-state index in [2.05, 4.69) is 13.0 Å². The second-order valence-corrected chi connectivity index (χ2v) is 9.57. The minimum atomic E-state index is -0.360. The summed E-state index contributed by atoms with van der Waals surface area (Å²) in [5, 5.41) is 17.3. The van der Waals surface area contributed by atoms with Gasteiger partial charge in [-0.15, -0.1) is 0 Å². The molecule has 0 aliphatic carbocycles. The molecule has 188 valence electrons. The average Bonchev–Trinajstić information content (AvgIpc) is 3.21. The molecule has 4 rings (SSSR count). The number of carboxylic acid groups (broad SMARTS) is 1. The van der Waals surface area contributed by atoms with E-state index in [1.165, 1.54) is 0 Å². The Morgan fingerprint density at radius 2 is 1.83 bits per heavy atom. The third-order valence-electron chi connectivity index (χ3n) is 6.76. The molecule has 7 nitrogen and oxygen atoms in total. The molecule has 1 fully saturated rings. The lowest BCUT2D eigenvalue weighted by Gasteiger charge is -2.32. The van der Waals surface area contributed by atoms with Crippen LogP contribution in [0.4, 0.5) is 0 Å². The van der Waals surface area contributed by atoms with Crippen LogP contribution in [0.5, 0.6) is 0 Å². The SMILES string of the molecule is CCC1CCN(C(=O)c2ccc(Cl)c(C(=O)c3cc4c(C)cc(C#N)cc4n3C)c2Cl)CC1.O=CO. The highest BCUT2D eigenvalue weighted by atomic mass is 35.5. The fraction of sp³-hybridized carbons (Fsp3) is 0.333. The lowest BCUT2D eigenvalue weighted by Crippen LogP contribution is -2.38. The van der Waals surface area contributed by atoms with Crippen LogP contribution < -0.4 is 0 Å². The van der Waals surface area contributed by atoms with E-state index in [0.29, 0.717) is 35.8 Å². The summed E-state index contributed by atoms with van der Waals surface area (Å²) < 4.78 is 1.74. The first-order valence-corrected chi connectivity index (χ1v) is 12.3. The van der Waals surface area contributed by atoms with Crippen LogP contribution in [0, 0.1) is 24.2 Å². The number of nitrogens with zero attached hydrogens (tertiary/aromatic N) is 3. The number of likely N-dealkylation sites (tertiary alicyclic amines) is 1. The molecule has 36 heavy (non-hydrogen) atoms. The standard InChI is InChI=1S/C26H25Cl2N3O2.CH2O2/c1-4-16-7-9-31(10-8-16)26(33)18-5-6-20(27)23(24(18)28)25(32)22-13-19-15(2)11-17(14-29)12-21(19)30(22)3;2-1-3/h5-6,11-13,16H,4,7-10H2,1-3H3;1H,(H,2,3). The maximum Gasteiger partial charge on any atom is 0.290 e. The van der Waals surface area contributed by atoms with Crippen LogP contribution in [-0.4, -0.2) is 45.8 Å². The van der Waals surface area contributed by atoms with E-state index < -0.39 is 0 Å². The largest absolute Gasteiger partial charge is 0.483 e. The molecule has 0 spiro atoms. The van der Waals surface area contributed by atoms with Crippen molar-refractivity contribution in [1.82, 2.24) is 9.47 Å². The normalized spacial score (nSPS) is 13.6. The van der Waals surface area contributed by atoms with E-state index >= 15 is 0 Å². The summed E-state index contributed by atoms with van der Waals surface area (Å²) in [7, 11) is 1.77. The average molecular weight is 528 g/mol. The molecular weight excluding hydrogens is 501 g/mol. The number of fused-ring (bicyclic) bond motifs is 1. The molecule has 0 bridgehead atoms. The highest BCUT2D eigenvalue weighted by Gasteiger charge is 2.28. The number of ketones is 1. The van der Waals surface area contributed by atoms with Gasteiger partial charge in [0, 0.05) is 31.0 Å². The number of piperidine rings is 1. The molecule has 0 saturated carbocycles. The number of hydrogen-bond acceptors (Lipinski definition) is 4. The zero-order valence-corrected chi connectivity index (χ0v) is 21.9. The highest BCUT2D eigenvalue weighted by molar-refractivity contribution is 6.42. The van der Waals surface area contributed by atoms with Crippen molar-refractivity contribution in [2.24, 2.45) is 13.0 Å². The van der Waals surface area contributed by atoms with Gasteiger partial charge in [0.2, 0.25) is 5.78 Å². The number of hydrogen-bond donors (Lipinski definition) is 1. The van der Waals surface area contributed by atoms with Gasteiger partial charge >= 0.3 is 0 Å². The molecule has 2 aromatic carbocycles. The summed E-state index contributed by atoms with van der Waals surface area (Å²) in [5.41, 5.74) is 3.00. The quantitative estimate of drug-likeness (QED) is 0.338. The molecule has 0 unspecified atom stereocenters. The molecule has 3 aromatic rings. The van der Waals surface area contributed by atoms with E-state index in [1.54, 1.807) is 46.8 Å². The van der Waals surface area contributed by atoms with Gasteiger partial charge in [-0.2, -0.15) is 5.26 Å². The molecule has 2 heterocycles. The number of halogens is 2. The van der Waals surface area contributed by atoms with Crippen molar-refractivity contribution in [3.63, 3.8) is 0 Å². The van der Waals surface area contributed by atoms with E-state index in [-0.39, 0.29) is 33.8 Å². The van der Waals surface area contributed by atoms with Gasteiger partial charge in [-0.25, -0.2) is 0 Å². The Hall–Kier alpha value is -3.34. The van der Waals surface area contributed by atoms with Crippen LogP contribution in [0.2, 0.25) is 10.0 Å². The fourth-order valence-electron chi connectivity index (χ4n) is 4.66. The summed E-state index contributed by atoms with van der Waals surface area (Å²) >= 11 is 13.1. The van der Waals surface area contributed by atoms with Crippen molar-refractivity contribution in [2.75, 3.05) is 13.1 Å². The van der Waals surface area contributed by atoms with E-state index in [0.717, 1.165) is 35.7 Å². The summed E-state index contributed by atoms with van der Waals surface area (Å²) in [6.45, 7) is 5.19. The van der Waals surface area contributed by atoms with Crippen LogP contribution in [0.1, 0.15) is 63.7 Å². The molecule has 1 saturated heterocycles. The van der Waals surface area contributed by atoms with Crippen molar-refractivity contribution < 1.29 is 19.5 Å². The first-order valence-electron chi connectivity index (χ1n) is 11.6. The molecular formula is C27H27Cl2N3O4. The molecule has 0 radical (unpaired) electrons. The van der Waals surface area contributed by atoms with E-state index in [1.807, 2.05) is 6.92 Å². The predicted octanol–water partition coefficient (Wildman–Crippen LogP) is 5.86. The Labute approximate surface area is 219 Å². The van der Waals surface area contributed by atoms with Gasteiger partial charge in [-0.1, -0.05) is 36.5 Å². The minimum Gasteiger partial charge on any atom is -0.483 e. The summed E-state index contributed by atoms with van der Waals surface area (Å²) in [5.74, 6) is 0.108. The summed E-state index contributed by atoms with van der Waals surface area (Å²) in [4.78, 5) is 37.0. The number of nitriles is 1. The van der Waals surface area contributed by atoms with Crippen LogP contribution in [0.15, 0.2) is 30.3 Å². The summed E-state index contributed by atoms with van der Waals surface area (Å²) in [6, 6.07) is 10.6. The second kappa shape index (κ2) is 11.6. The first kappa shape index (κ1) is 27.3. The van der Waals surface area contributed by atoms with Crippen LogP contribution in [-0.2, 0) is 11.8 Å². The monoisotopic (exact) mass is 527 g/mol. The molecule has 0 atom stereocenters. The number of benzene rings is 2. The van der Waals surface area contributed by atoms with Gasteiger partial charge in [0.1, 0.15) is 0 Å². The van der Waals surface area contributed by atoms with Crippen molar-refractivity contribution in [3.8, 4) is 6.07 Å². The lowest BCUT2D eigenvalue weighted by molar-refractivity contribution is -0.122. The van der Waals surface area contributed by atoms with Gasteiger partial charge in [0.25, 0.3) is 12.4 Å². The van der Waals surface area contributed by atoms with Crippen LogP contribution in [0.3, 0.4) is 0 Å². The number of carbonyl (C=O) groups excluding carboxylic acids is 2. The van der Waals surface area contributed by atoms with Crippen molar-refractivity contribution in [1.29, 1.82) is 5.26 Å². The highest BCUT2D eigenvalue weighted by Crippen LogP contribution is 2.34. The minimum absolute atomic E-state index is 0.0785. The van der Waals surface area contributed by atoms with Crippen molar-refractivity contribution in [2.45, 2.75) is 33.1 Å². The Kier molecular flexibility index (Phi) is 8.78. The smallest absolute Gasteiger partial charge is 0.290 e. The molecule has 1 aromatic heterocycles. The summed E-state index contributed by atoms with van der Waals surface area (Å²) in [6.07, 6.45) is 3.06. The van der Waals surface area contributed by atoms with Gasteiger partial charge in [0.05, 0.1) is 38.5 Å². The zero-order valence-electron chi connectivity index (χ0n) is 20.3. The van der Waals surface area contributed by atoms with Gasteiger partial charge < -0.3 is 14.6 Å². The molecule has 1 N–H and O–H groups in total. The van der Waals surface area contributed by atoms with Gasteiger partial charge in [0.15, 0.2) is 0 Å². The number of rotatable bonds is 4. The Morgan fingerprint density at radius 3 is 2.42 bits per heavy atom. The number of aryl methyl sites for hydroxylation is 2. The van der Waals surface area contributed by atoms with Crippen molar-refractivity contribution >= 4 is 52.3 Å². The van der Waals surface area contributed by atoms with Gasteiger partial charge in [-0.3, -0.25) is 14.4 Å². The fourth-order valence-corrected chi connectivity index (χ4v) is 5.28. The topological polar surface area (TPSA) is 103 Å². The Morgan fingerprint density at radius 1 is 1.19 bits per heavy atom. The third-order valence-corrected chi connectivity index (χ3v) is 7.47. The zero-order chi connectivity index (χ0) is 26.6. The number of aromatic nitrogens is 1. The predicted molar refractivity (Wildman–Crippen MR) is 140 cm³/mol.